The van der Waals surface area contributed by atoms with Gasteiger partial charge < -0.3 is 9.84 Å². The fourth-order valence-electron chi connectivity index (χ4n) is 1.19. The summed E-state index contributed by atoms with van der Waals surface area (Å²) in [5.74, 6) is -1.47. The first-order chi connectivity index (χ1) is 7.15. The minimum Gasteiger partial charge on any atom is -0.478 e. The summed E-state index contributed by atoms with van der Waals surface area (Å²) < 4.78 is 18.1. The highest BCUT2D eigenvalue weighted by Gasteiger charge is 2.05. The van der Waals surface area contributed by atoms with Gasteiger partial charge in [-0.05, 0) is 17.7 Å². The van der Waals surface area contributed by atoms with Gasteiger partial charge in [0.1, 0.15) is 5.82 Å². The zero-order valence-electron chi connectivity index (χ0n) is 8.24. The predicted molar refractivity (Wildman–Crippen MR) is 53.8 cm³/mol. The van der Waals surface area contributed by atoms with Crippen LogP contribution in [0.4, 0.5) is 4.39 Å². The van der Waals surface area contributed by atoms with Crippen LogP contribution in [0.1, 0.15) is 11.1 Å². The molecule has 1 aromatic rings. The average Bonchev–Trinajstić information content (AvgIpc) is 2.19. The van der Waals surface area contributed by atoms with E-state index in [9.17, 15) is 9.18 Å². The average molecular weight is 210 g/mol. The molecule has 0 radical (unpaired) electrons. The Morgan fingerprint density at radius 1 is 1.60 bits per heavy atom. The Bertz CT molecular complexity index is 385. The molecule has 0 saturated carbocycles. The lowest BCUT2D eigenvalue weighted by molar-refractivity contribution is -0.131. The normalized spacial score (nSPS) is 10.8. The molecule has 0 bridgehead atoms. The minimum absolute atomic E-state index is 0.117. The zero-order valence-corrected chi connectivity index (χ0v) is 8.24. The van der Waals surface area contributed by atoms with E-state index in [-0.39, 0.29) is 6.61 Å². The first-order valence-corrected chi connectivity index (χ1v) is 4.32. The van der Waals surface area contributed by atoms with Crippen LogP contribution in [0.25, 0.3) is 6.08 Å². The summed E-state index contributed by atoms with van der Waals surface area (Å²) in [5.41, 5.74) is 0.872. The van der Waals surface area contributed by atoms with Gasteiger partial charge in [0, 0.05) is 18.7 Å². The summed E-state index contributed by atoms with van der Waals surface area (Å²) in [6.07, 6.45) is 2.31. The number of halogens is 1. The molecule has 0 fully saturated rings. The highest BCUT2D eigenvalue weighted by atomic mass is 19.1. The molecule has 0 amide bonds. The van der Waals surface area contributed by atoms with Crippen LogP contribution in [-0.4, -0.2) is 18.2 Å². The zero-order chi connectivity index (χ0) is 11.3. The van der Waals surface area contributed by atoms with Crippen molar-refractivity contribution < 1.29 is 19.0 Å². The van der Waals surface area contributed by atoms with E-state index >= 15 is 0 Å². The number of hydrogen-bond acceptors (Lipinski definition) is 2. The fourth-order valence-corrected chi connectivity index (χ4v) is 1.19. The molecular weight excluding hydrogens is 199 g/mol. The number of rotatable bonds is 4. The van der Waals surface area contributed by atoms with E-state index < -0.39 is 11.8 Å². The van der Waals surface area contributed by atoms with Gasteiger partial charge in [-0.15, -0.1) is 0 Å². The first-order valence-electron chi connectivity index (χ1n) is 4.32. The second-order valence-corrected chi connectivity index (χ2v) is 2.91. The minimum atomic E-state index is -1.07. The largest absolute Gasteiger partial charge is 0.478 e. The molecule has 0 aromatic heterocycles. The molecule has 0 unspecified atom stereocenters. The summed E-state index contributed by atoms with van der Waals surface area (Å²) in [7, 11) is 1.46. The molecule has 0 saturated heterocycles. The Morgan fingerprint density at radius 3 is 2.93 bits per heavy atom. The SMILES string of the molecule is COCc1c(F)cccc1/C=C/C(=O)O. The number of methoxy groups -OCH3 is 1. The Morgan fingerprint density at radius 2 is 2.33 bits per heavy atom. The molecule has 0 aliphatic carbocycles. The van der Waals surface area contributed by atoms with Crippen LogP contribution in [0.3, 0.4) is 0 Å². The van der Waals surface area contributed by atoms with Crippen LogP contribution in [0.5, 0.6) is 0 Å². The van der Waals surface area contributed by atoms with Crippen molar-refractivity contribution in [2.24, 2.45) is 0 Å². The van der Waals surface area contributed by atoms with Crippen LogP contribution in [0, 0.1) is 5.82 Å². The van der Waals surface area contributed by atoms with Crippen LogP contribution < -0.4 is 0 Å². The van der Waals surface area contributed by atoms with Crippen molar-refractivity contribution in [2.45, 2.75) is 6.61 Å². The van der Waals surface area contributed by atoms with E-state index in [0.29, 0.717) is 11.1 Å². The lowest BCUT2D eigenvalue weighted by Crippen LogP contribution is -1.96. The highest BCUT2D eigenvalue weighted by Crippen LogP contribution is 2.16. The van der Waals surface area contributed by atoms with Crippen LogP contribution in [0.15, 0.2) is 24.3 Å². The van der Waals surface area contributed by atoms with Crippen molar-refractivity contribution in [3.05, 3.63) is 41.2 Å². The molecule has 0 aliphatic rings. The molecule has 3 nitrogen and oxygen atoms in total. The molecule has 0 spiro atoms. The molecule has 1 rings (SSSR count). The van der Waals surface area contributed by atoms with Crippen molar-refractivity contribution in [2.75, 3.05) is 7.11 Å². The summed E-state index contributed by atoms with van der Waals surface area (Å²) in [5, 5.41) is 8.45. The predicted octanol–water partition coefficient (Wildman–Crippen LogP) is 2.07. The molecular formula is C11H11FO3. The standard InChI is InChI=1S/C11H11FO3/c1-15-7-9-8(5-6-11(13)14)3-2-4-10(9)12/h2-6H,7H2,1H3,(H,13,14)/b6-5+. The van der Waals surface area contributed by atoms with Gasteiger partial charge in [-0.3, -0.25) is 0 Å². The molecule has 1 N–H and O–H groups in total. The van der Waals surface area contributed by atoms with Gasteiger partial charge in [-0.2, -0.15) is 0 Å². The summed E-state index contributed by atoms with van der Waals surface area (Å²) in [6, 6.07) is 4.47. The lowest BCUT2D eigenvalue weighted by Gasteiger charge is -2.05. The van der Waals surface area contributed by atoms with Crippen molar-refractivity contribution in [3.63, 3.8) is 0 Å². The number of hydrogen-bond donors (Lipinski definition) is 1. The third kappa shape index (κ3) is 3.18. The van der Waals surface area contributed by atoms with Crippen LogP contribution in [0.2, 0.25) is 0 Å². The Hall–Kier alpha value is -1.68. The maximum Gasteiger partial charge on any atom is 0.328 e. The number of aliphatic carboxylic acids is 1. The van der Waals surface area contributed by atoms with Gasteiger partial charge in [0.15, 0.2) is 0 Å². The Balaban J connectivity index is 3.05. The first kappa shape index (κ1) is 11.4. The summed E-state index contributed by atoms with van der Waals surface area (Å²) >= 11 is 0. The third-order valence-corrected chi connectivity index (χ3v) is 1.85. The monoisotopic (exact) mass is 210 g/mol. The number of carboxylic acid groups (broad SMARTS) is 1. The van der Waals surface area contributed by atoms with Crippen molar-refractivity contribution in [3.8, 4) is 0 Å². The van der Waals surface area contributed by atoms with E-state index in [0.717, 1.165) is 6.08 Å². The van der Waals surface area contributed by atoms with Gasteiger partial charge >= 0.3 is 5.97 Å². The number of benzene rings is 1. The van der Waals surface area contributed by atoms with Gasteiger partial charge in [0.25, 0.3) is 0 Å². The topological polar surface area (TPSA) is 46.5 Å². The molecule has 0 heterocycles. The molecule has 80 valence electrons. The van der Waals surface area contributed by atoms with E-state index in [1.807, 2.05) is 0 Å². The van der Waals surface area contributed by atoms with E-state index in [1.54, 1.807) is 6.07 Å². The Labute approximate surface area is 86.8 Å². The number of ether oxygens (including phenoxy) is 1. The van der Waals surface area contributed by atoms with E-state index in [2.05, 4.69) is 0 Å². The maximum absolute atomic E-state index is 13.3. The van der Waals surface area contributed by atoms with E-state index in [4.69, 9.17) is 9.84 Å². The van der Waals surface area contributed by atoms with Crippen LogP contribution in [-0.2, 0) is 16.1 Å². The molecule has 0 atom stereocenters. The molecule has 1 aromatic carbocycles. The smallest absolute Gasteiger partial charge is 0.328 e. The molecule has 0 aliphatic heterocycles. The number of carbonyl (C=O) groups is 1. The van der Waals surface area contributed by atoms with Crippen molar-refractivity contribution in [1.29, 1.82) is 0 Å². The Kier molecular flexibility index (Phi) is 4.00. The third-order valence-electron chi connectivity index (χ3n) is 1.85. The highest BCUT2D eigenvalue weighted by molar-refractivity contribution is 5.85. The van der Waals surface area contributed by atoms with Gasteiger partial charge in [0.2, 0.25) is 0 Å². The van der Waals surface area contributed by atoms with Crippen LogP contribution >= 0.6 is 0 Å². The van der Waals surface area contributed by atoms with Gasteiger partial charge in [-0.1, -0.05) is 12.1 Å². The lowest BCUT2D eigenvalue weighted by atomic mass is 10.1. The van der Waals surface area contributed by atoms with Crippen molar-refractivity contribution >= 4 is 12.0 Å². The number of carboxylic acids is 1. The maximum atomic E-state index is 13.3. The molecule has 15 heavy (non-hydrogen) atoms. The van der Waals surface area contributed by atoms with Crippen molar-refractivity contribution in [1.82, 2.24) is 0 Å². The van der Waals surface area contributed by atoms with Gasteiger partial charge in [-0.25, -0.2) is 9.18 Å². The summed E-state index contributed by atoms with van der Waals surface area (Å²) in [4.78, 5) is 10.3. The second kappa shape index (κ2) is 5.26. The summed E-state index contributed by atoms with van der Waals surface area (Å²) in [6.45, 7) is 0.117. The van der Waals surface area contributed by atoms with Gasteiger partial charge in [0.05, 0.1) is 6.61 Å². The van der Waals surface area contributed by atoms with E-state index in [1.165, 1.54) is 25.3 Å². The second-order valence-electron chi connectivity index (χ2n) is 2.91. The fraction of sp³-hybridized carbons (Fsp3) is 0.182. The quantitative estimate of drug-likeness (QED) is 0.774. The molecule has 4 heteroatoms.